The summed E-state index contributed by atoms with van der Waals surface area (Å²) < 4.78 is 13.2. The van der Waals surface area contributed by atoms with Crippen molar-refractivity contribution in [1.29, 1.82) is 0 Å². The Balaban J connectivity index is 1.77. The molecule has 0 bridgehead atoms. The van der Waals surface area contributed by atoms with Crippen LogP contribution in [0.2, 0.25) is 5.02 Å². The highest BCUT2D eigenvalue weighted by atomic mass is 35.5. The summed E-state index contributed by atoms with van der Waals surface area (Å²) in [4.78, 5) is 8.76. The molecule has 0 atom stereocenters. The van der Waals surface area contributed by atoms with Gasteiger partial charge in [-0.15, -0.1) is 0 Å². The van der Waals surface area contributed by atoms with Gasteiger partial charge >= 0.3 is 0 Å². The van der Waals surface area contributed by atoms with Gasteiger partial charge in [0.1, 0.15) is 18.0 Å². The molecule has 21 heavy (non-hydrogen) atoms. The molecule has 1 N–H and O–H groups in total. The summed E-state index contributed by atoms with van der Waals surface area (Å²) >= 11 is 5.80. The first-order chi connectivity index (χ1) is 10.2. The predicted molar refractivity (Wildman–Crippen MR) is 82.0 cm³/mol. The Morgan fingerprint density at radius 2 is 2.00 bits per heavy atom. The van der Waals surface area contributed by atoms with Crippen LogP contribution < -0.4 is 5.32 Å². The van der Waals surface area contributed by atoms with Crippen molar-refractivity contribution in [3.05, 3.63) is 52.2 Å². The molecule has 5 heteroatoms. The van der Waals surface area contributed by atoms with Crippen LogP contribution in [0, 0.1) is 5.82 Å². The first kappa shape index (κ1) is 14.3. The number of hydrogen-bond acceptors (Lipinski definition) is 3. The fourth-order valence-electron chi connectivity index (χ4n) is 2.69. The molecule has 110 valence electrons. The third-order valence-electron chi connectivity index (χ3n) is 3.82. The maximum absolute atomic E-state index is 13.2. The van der Waals surface area contributed by atoms with E-state index in [1.165, 1.54) is 30.9 Å². The Labute approximate surface area is 128 Å². The third kappa shape index (κ3) is 3.32. The molecule has 3 nitrogen and oxygen atoms in total. The molecule has 0 saturated carbocycles. The predicted octanol–water partition coefficient (Wildman–Crippen LogP) is 4.15. The summed E-state index contributed by atoms with van der Waals surface area (Å²) in [6.45, 7) is 0.573. The number of hydrogen-bond donors (Lipinski definition) is 1. The minimum absolute atomic E-state index is 0.149. The smallest absolute Gasteiger partial charge is 0.141 e. The van der Waals surface area contributed by atoms with Crippen LogP contribution in [0.3, 0.4) is 0 Å². The van der Waals surface area contributed by atoms with Gasteiger partial charge in [0.15, 0.2) is 0 Å². The van der Waals surface area contributed by atoms with Gasteiger partial charge in [0.25, 0.3) is 0 Å². The normalized spacial score (nSPS) is 14.4. The summed E-state index contributed by atoms with van der Waals surface area (Å²) in [5.41, 5.74) is 3.31. The third-order valence-corrected chi connectivity index (χ3v) is 4.11. The second-order valence-corrected chi connectivity index (χ2v) is 5.72. The molecular formula is C16H17ClFN3. The SMILES string of the molecule is Fc1ccc(CNc2ncnc3c2CCCCC3)cc1Cl. The molecule has 0 fully saturated rings. The Hall–Kier alpha value is -1.68. The van der Waals surface area contributed by atoms with E-state index in [4.69, 9.17) is 11.6 Å². The van der Waals surface area contributed by atoms with E-state index in [1.807, 2.05) is 0 Å². The zero-order valence-electron chi connectivity index (χ0n) is 11.7. The number of aromatic nitrogens is 2. The van der Waals surface area contributed by atoms with E-state index < -0.39 is 5.82 Å². The number of nitrogens with zero attached hydrogens (tertiary/aromatic N) is 2. The van der Waals surface area contributed by atoms with Crippen molar-refractivity contribution in [3.63, 3.8) is 0 Å². The van der Waals surface area contributed by atoms with Gasteiger partial charge in [-0.3, -0.25) is 0 Å². The van der Waals surface area contributed by atoms with Crippen LogP contribution in [0.5, 0.6) is 0 Å². The lowest BCUT2D eigenvalue weighted by atomic mass is 10.1. The molecule has 0 saturated heterocycles. The van der Waals surface area contributed by atoms with Gasteiger partial charge in [-0.1, -0.05) is 24.1 Å². The van der Waals surface area contributed by atoms with E-state index in [1.54, 1.807) is 18.5 Å². The van der Waals surface area contributed by atoms with Crippen molar-refractivity contribution in [2.24, 2.45) is 0 Å². The van der Waals surface area contributed by atoms with Crippen molar-refractivity contribution in [2.75, 3.05) is 5.32 Å². The first-order valence-electron chi connectivity index (χ1n) is 7.24. The molecule has 1 aliphatic carbocycles. The molecule has 1 aromatic heterocycles. The Morgan fingerprint density at radius 3 is 2.86 bits per heavy atom. The fourth-order valence-corrected chi connectivity index (χ4v) is 2.89. The quantitative estimate of drug-likeness (QED) is 0.866. The van der Waals surface area contributed by atoms with Gasteiger partial charge in [-0.2, -0.15) is 0 Å². The van der Waals surface area contributed by atoms with E-state index in [0.717, 1.165) is 29.9 Å². The van der Waals surface area contributed by atoms with Crippen molar-refractivity contribution in [1.82, 2.24) is 9.97 Å². The minimum atomic E-state index is -0.392. The van der Waals surface area contributed by atoms with E-state index in [0.29, 0.717) is 6.54 Å². The lowest BCUT2D eigenvalue weighted by molar-refractivity contribution is 0.627. The Bertz CT molecular complexity index is 645. The Kier molecular flexibility index (Phi) is 4.34. The number of benzene rings is 1. The van der Waals surface area contributed by atoms with Crippen LogP contribution in [0.4, 0.5) is 10.2 Å². The van der Waals surface area contributed by atoms with E-state index >= 15 is 0 Å². The number of fused-ring (bicyclic) bond motifs is 1. The van der Waals surface area contributed by atoms with Gasteiger partial charge < -0.3 is 5.32 Å². The number of anilines is 1. The molecule has 0 amide bonds. The van der Waals surface area contributed by atoms with E-state index in [9.17, 15) is 4.39 Å². The van der Waals surface area contributed by atoms with Gasteiger partial charge in [0.2, 0.25) is 0 Å². The maximum Gasteiger partial charge on any atom is 0.141 e. The van der Waals surface area contributed by atoms with Crippen LogP contribution in [-0.4, -0.2) is 9.97 Å². The van der Waals surface area contributed by atoms with E-state index in [-0.39, 0.29) is 5.02 Å². The summed E-state index contributed by atoms with van der Waals surface area (Å²) in [7, 11) is 0. The lowest BCUT2D eigenvalue weighted by Crippen LogP contribution is -2.08. The summed E-state index contributed by atoms with van der Waals surface area (Å²) in [6.07, 6.45) is 7.26. The zero-order chi connectivity index (χ0) is 14.7. The second-order valence-electron chi connectivity index (χ2n) is 5.31. The summed E-state index contributed by atoms with van der Waals surface area (Å²) in [5.74, 6) is 0.499. The van der Waals surface area contributed by atoms with Crippen molar-refractivity contribution in [2.45, 2.75) is 38.6 Å². The second kappa shape index (κ2) is 6.39. The highest BCUT2D eigenvalue weighted by molar-refractivity contribution is 6.30. The summed E-state index contributed by atoms with van der Waals surface area (Å²) in [6, 6.07) is 4.76. The monoisotopic (exact) mass is 305 g/mol. The maximum atomic E-state index is 13.2. The number of aryl methyl sites for hydroxylation is 1. The first-order valence-corrected chi connectivity index (χ1v) is 7.62. The zero-order valence-corrected chi connectivity index (χ0v) is 12.5. The van der Waals surface area contributed by atoms with Crippen molar-refractivity contribution in [3.8, 4) is 0 Å². The molecule has 0 unspecified atom stereocenters. The number of nitrogens with one attached hydrogen (secondary N) is 1. The number of rotatable bonds is 3. The molecule has 2 aromatic rings. The molecular weight excluding hydrogens is 289 g/mol. The Morgan fingerprint density at radius 1 is 1.14 bits per heavy atom. The standard InChI is InChI=1S/C16H17ClFN3/c17-13-8-11(6-7-14(13)18)9-19-16-12-4-2-1-3-5-15(12)20-10-21-16/h6-8,10H,1-5,9H2,(H,19,20,21). The van der Waals surface area contributed by atoms with Crippen LogP contribution in [-0.2, 0) is 19.4 Å². The molecule has 1 aromatic carbocycles. The lowest BCUT2D eigenvalue weighted by Gasteiger charge is -2.12. The fraction of sp³-hybridized carbons (Fsp3) is 0.375. The van der Waals surface area contributed by atoms with Crippen molar-refractivity contribution >= 4 is 17.4 Å². The van der Waals surface area contributed by atoms with Gasteiger partial charge in [-0.25, -0.2) is 14.4 Å². The average Bonchev–Trinajstić information content (AvgIpc) is 2.74. The molecule has 1 aliphatic rings. The van der Waals surface area contributed by atoms with Gasteiger partial charge in [-0.05, 0) is 43.4 Å². The number of halogens is 2. The largest absolute Gasteiger partial charge is 0.366 e. The topological polar surface area (TPSA) is 37.8 Å². The highest BCUT2D eigenvalue weighted by Gasteiger charge is 2.14. The summed E-state index contributed by atoms with van der Waals surface area (Å²) in [5, 5.41) is 3.48. The van der Waals surface area contributed by atoms with Crippen molar-refractivity contribution < 1.29 is 4.39 Å². The van der Waals surface area contributed by atoms with Gasteiger partial charge in [0.05, 0.1) is 5.02 Å². The molecule has 0 aliphatic heterocycles. The van der Waals surface area contributed by atoms with Crippen LogP contribution in [0.1, 0.15) is 36.1 Å². The van der Waals surface area contributed by atoms with E-state index in [2.05, 4.69) is 15.3 Å². The highest BCUT2D eigenvalue weighted by Crippen LogP contribution is 2.24. The molecule has 0 spiro atoms. The van der Waals surface area contributed by atoms with Crippen LogP contribution >= 0.6 is 11.6 Å². The van der Waals surface area contributed by atoms with Gasteiger partial charge in [0, 0.05) is 17.8 Å². The molecule has 3 rings (SSSR count). The molecule has 0 radical (unpaired) electrons. The van der Waals surface area contributed by atoms with Crippen LogP contribution in [0.15, 0.2) is 24.5 Å². The molecule has 1 heterocycles. The average molecular weight is 306 g/mol. The minimum Gasteiger partial charge on any atom is -0.366 e. The van der Waals surface area contributed by atoms with Crippen LogP contribution in [0.25, 0.3) is 0 Å².